The Balaban J connectivity index is 2.40. The Morgan fingerprint density at radius 3 is 2.33 bits per heavy atom. The van der Waals surface area contributed by atoms with Crippen molar-refractivity contribution in [1.82, 2.24) is 10.2 Å². The van der Waals surface area contributed by atoms with Gasteiger partial charge in [-0.1, -0.05) is 13.8 Å². The molecule has 1 saturated heterocycles. The first-order chi connectivity index (χ1) is 5.65. The zero-order chi connectivity index (χ0) is 9.14. The SMILES string of the molecule is CCNC(=O)N1CC(C)C(C)C1. The van der Waals surface area contributed by atoms with Crippen LogP contribution in [0.5, 0.6) is 0 Å². The number of hydrogen-bond donors (Lipinski definition) is 1. The van der Waals surface area contributed by atoms with Gasteiger partial charge in [-0.25, -0.2) is 4.79 Å². The van der Waals surface area contributed by atoms with Crippen LogP contribution in [0.4, 0.5) is 4.79 Å². The van der Waals surface area contributed by atoms with Gasteiger partial charge in [-0.15, -0.1) is 0 Å². The van der Waals surface area contributed by atoms with E-state index in [9.17, 15) is 4.79 Å². The molecule has 3 heteroatoms. The highest BCUT2D eigenvalue weighted by Gasteiger charge is 2.28. The van der Waals surface area contributed by atoms with Crippen LogP contribution in [-0.4, -0.2) is 30.6 Å². The molecule has 0 saturated carbocycles. The molecule has 2 unspecified atom stereocenters. The summed E-state index contributed by atoms with van der Waals surface area (Å²) in [4.78, 5) is 13.3. The zero-order valence-electron chi connectivity index (χ0n) is 8.13. The highest BCUT2D eigenvalue weighted by Crippen LogP contribution is 2.21. The highest BCUT2D eigenvalue weighted by atomic mass is 16.2. The van der Waals surface area contributed by atoms with Gasteiger partial charge in [-0.3, -0.25) is 0 Å². The third kappa shape index (κ3) is 1.90. The minimum Gasteiger partial charge on any atom is -0.338 e. The van der Waals surface area contributed by atoms with Gasteiger partial charge in [0.2, 0.25) is 0 Å². The van der Waals surface area contributed by atoms with E-state index in [2.05, 4.69) is 19.2 Å². The van der Waals surface area contributed by atoms with Crippen molar-refractivity contribution in [3.05, 3.63) is 0 Å². The van der Waals surface area contributed by atoms with Crippen LogP contribution >= 0.6 is 0 Å². The first kappa shape index (κ1) is 9.36. The lowest BCUT2D eigenvalue weighted by Gasteiger charge is -2.15. The van der Waals surface area contributed by atoms with Crippen LogP contribution in [0.1, 0.15) is 20.8 Å². The summed E-state index contributed by atoms with van der Waals surface area (Å²) in [6, 6.07) is 0.0914. The Labute approximate surface area is 74.1 Å². The second-order valence-electron chi connectivity index (χ2n) is 3.70. The summed E-state index contributed by atoms with van der Waals surface area (Å²) in [6.07, 6.45) is 0. The molecule has 1 N–H and O–H groups in total. The monoisotopic (exact) mass is 170 g/mol. The summed E-state index contributed by atoms with van der Waals surface area (Å²) in [5.74, 6) is 1.29. The fourth-order valence-corrected chi connectivity index (χ4v) is 1.56. The van der Waals surface area contributed by atoms with Gasteiger partial charge < -0.3 is 10.2 Å². The molecule has 1 aliphatic heterocycles. The topological polar surface area (TPSA) is 32.3 Å². The molecule has 0 aromatic heterocycles. The highest BCUT2D eigenvalue weighted by molar-refractivity contribution is 5.74. The lowest BCUT2D eigenvalue weighted by molar-refractivity contribution is 0.207. The average Bonchev–Trinajstić information content (AvgIpc) is 2.33. The Kier molecular flexibility index (Phi) is 2.95. The fourth-order valence-electron chi connectivity index (χ4n) is 1.56. The average molecular weight is 170 g/mol. The number of likely N-dealkylation sites (tertiary alicyclic amines) is 1. The van der Waals surface area contributed by atoms with Crippen molar-refractivity contribution >= 4 is 6.03 Å². The van der Waals surface area contributed by atoms with Gasteiger partial charge in [0.15, 0.2) is 0 Å². The molecule has 0 radical (unpaired) electrons. The van der Waals surface area contributed by atoms with E-state index >= 15 is 0 Å². The van der Waals surface area contributed by atoms with E-state index in [0.717, 1.165) is 19.6 Å². The molecular weight excluding hydrogens is 152 g/mol. The molecule has 2 atom stereocenters. The molecule has 3 nitrogen and oxygen atoms in total. The lowest BCUT2D eigenvalue weighted by Crippen LogP contribution is -2.38. The van der Waals surface area contributed by atoms with Gasteiger partial charge >= 0.3 is 6.03 Å². The van der Waals surface area contributed by atoms with Crippen LogP contribution in [0.3, 0.4) is 0 Å². The number of carbonyl (C=O) groups is 1. The summed E-state index contributed by atoms with van der Waals surface area (Å²) in [7, 11) is 0. The summed E-state index contributed by atoms with van der Waals surface area (Å²) >= 11 is 0. The molecule has 12 heavy (non-hydrogen) atoms. The normalized spacial score (nSPS) is 29.1. The molecular formula is C9H18N2O. The third-order valence-corrected chi connectivity index (χ3v) is 2.60. The van der Waals surface area contributed by atoms with Gasteiger partial charge in [0.05, 0.1) is 0 Å². The summed E-state index contributed by atoms with van der Waals surface area (Å²) in [6.45, 7) is 8.88. The molecule has 70 valence electrons. The van der Waals surface area contributed by atoms with Crippen molar-refractivity contribution in [3.63, 3.8) is 0 Å². The van der Waals surface area contributed by atoms with Gasteiger partial charge in [-0.05, 0) is 18.8 Å². The number of urea groups is 1. The fraction of sp³-hybridized carbons (Fsp3) is 0.889. The first-order valence-corrected chi connectivity index (χ1v) is 4.68. The Morgan fingerprint density at radius 1 is 1.42 bits per heavy atom. The number of rotatable bonds is 1. The van der Waals surface area contributed by atoms with Gasteiger partial charge in [0.25, 0.3) is 0 Å². The molecule has 1 heterocycles. The van der Waals surface area contributed by atoms with Crippen LogP contribution in [0.25, 0.3) is 0 Å². The Bertz CT molecular complexity index is 160. The zero-order valence-corrected chi connectivity index (χ0v) is 8.13. The standard InChI is InChI=1S/C9H18N2O/c1-4-10-9(12)11-5-7(2)8(3)6-11/h7-8H,4-6H2,1-3H3,(H,10,12). The molecule has 2 amide bonds. The van der Waals surface area contributed by atoms with Gasteiger partial charge in [0.1, 0.15) is 0 Å². The van der Waals surface area contributed by atoms with Crippen molar-refractivity contribution < 1.29 is 4.79 Å². The lowest BCUT2D eigenvalue weighted by atomic mass is 10.0. The van der Waals surface area contributed by atoms with Crippen molar-refractivity contribution in [2.75, 3.05) is 19.6 Å². The molecule has 0 spiro atoms. The number of carbonyl (C=O) groups excluding carboxylic acids is 1. The van der Waals surface area contributed by atoms with E-state index in [1.165, 1.54) is 0 Å². The molecule has 1 rings (SSSR count). The molecule has 0 aromatic carbocycles. The predicted octanol–water partition coefficient (Wildman–Crippen LogP) is 1.30. The van der Waals surface area contributed by atoms with Crippen LogP contribution < -0.4 is 5.32 Å². The molecule has 0 aliphatic carbocycles. The van der Waals surface area contributed by atoms with Crippen LogP contribution in [0.15, 0.2) is 0 Å². The number of hydrogen-bond acceptors (Lipinski definition) is 1. The minimum absolute atomic E-state index is 0.0914. The number of amides is 2. The van der Waals surface area contributed by atoms with Crippen molar-refractivity contribution in [1.29, 1.82) is 0 Å². The second-order valence-corrected chi connectivity index (χ2v) is 3.70. The third-order valence-electron chi connectivity index (χ3n) is 2.60. The van der Waals surface area contributed by atoms with E-state index in [0.29, 0.717) is 11.8 Å². The maximum Gasteiger partial charge on any atom is 0.317 e. The van der Waals surface area contributed by atoms with Crippen LogP contribution in [0, 0.1) is 11.8 Å². The Hall–Kier alpha value is -0.730. The van der Waals surface area contributed by atoms with Crippen molar-refractivity contribution in [2.24, 2.45) is 11.8 Å². The molecule has 1 aliphatic rings. The largest absolute Gasteiger partial charge is 0.338 e. The number of nitrogens with zero attached hydrogens (tertiary/aromatic N) is 1. The Morgan fingerprint density at radius 2 is 1.92 bits per heavy atom. The smallest absolute Gasteiger partial charge is 0.317 e. The minimum atomic E-state index is 0.0914. The second kappa shape index (κ2) is 3.78. The number of nitrogens with one attached hydrogen (secondary N) is 1. The van der Waals surface area contributed by atoms with Crippen molar-refractivity contribution in [3.8, 4) is 0 Å². The predicted molar refractivity (Wildman–Crippen MR) is 49.0 cm³/mol. The van der Waals surface area contributed by atoms with Crippen LogP contribution in [0.2, 0.25) is 0 Å². The van der Waals surface area contributed by atoms with E-state index in [1.807, 2.05) is 11.8 Å². The van der Waals surface area contributed by atoms with E-state index in [4.69, 9.17) is 0 Å². The van der Waals surface area contributed by atoms with E-state index in [-0.39, 0.29) is 6.03 Å². The van der Waals surface area contributed by atoms with Gasteiger partial charge in [-0.2, -0.15) is 0 Å². The maximum atomic E-state index is 11.4. The maximum absolute atomic E-state index is 11.4. The molecule has 1 fully saturated rings. The summed E-state index contributed by atoms with van der Waals surface area (Å²) in [5.41, 5.74) is 0. The van der Waals surface area contributed by atoms with Crippen LogP contribution in [-0.2, 0) is 0 Å². The molecule has 0 aromatic rings. The van der Waals surface area contributed by atoms with E-state index < -0.39 is 0 Å². The summed E-state index contributed by atoms with van der Waals surface area (Å²) < 4.78 is 0. The van der Waals surface area contributed by atoms with Gasteiger partial charge in [0, 0.05) is 19.6 Å². The van der Waals surface area contributed by atoms with Crippen molar-refractivity contribution in [2.45, 2.75) is 20.8 Å². The first-order valence-electron chi connectivity index (χ1n) is 4.68. The van der Waals surface area contributed by atoms with E-state index in [1.54, 1.807) is 0 Å². The summed E-state index contributed by atoms with van der Waals surface area (Å²) in [5, 5.41) is 2.82. The quantitative estimate of drug-likeness (QED) is 0.632. The molecule has 0 bridgehead atoms.